The quantitative estimate of drug-likeness (QED) is 0.0601. The van der Waals surface area contributed by atoms with Crippen LogP contribution in [0.15, 0.2) is 362 Å². The average Bonchev–Trinajstić information content (AvgIpc) is 0.781. The third-order valence-corrected chi connectivity index (χ3v) is 24.0. The lowest BCUT2D eigenvalue weighted by Crippen LogP contribution is -2.21. The van der Waals surface area contributed by atoms with E-state index in [1.54, 1.807) is 66.0 Å². The molecule has 2 heterocycles. The first-order valence-electron chi connectivity index (χ1n) is 30.2. The number of anilines is 6. The van der Waals surface area contributed by atoms with Crippen LogP contribution in [-0.4, -0.2) is 41.4 Å². The summed E-state index contributed by atoms with van der Waals surface area (Å²) in [6.45, 7) is 10.1. The fourth-order valence-corrected chi connectivity index (χ4v) is 17.6. The van der Waals surface area contributed by atoms with Crippen LogP contribution in [0.1, 0.15) is 39.3 Å². The third-order valence-electron chi connectivity index (χ3n) is 15.4. The molecule has 464 valence electrons. The summed E-state index contributed by atoms with van der Waals surface area (Å²) in [6.07, 6.45) is 7.85. The molecule has 0 spiro atoms. The molecule has 2 aliphatic carbocycles. The molecule has 14 rings (SSSR count). The molecule has 0 bridgehead atoms. The summed E-state index contributed by atoms with van der Waals surface area (Å²) < 4.78 is 54.1. The average molecular weight is 1420 g/mol. The molecule has 0 amide bonds. The lowest BCUT2D eigenvalue weighted by Gasteiger charge is -2.32. The lowest BCUT2D eigenvalue weighted by molar-refractivity contribution is 0.321. The minimum Gasteiger partial charge on any atom is -0.308 e. The number of allylic oxidation sites excluding steroid dienone is 6. The minimum atomic E-state index is -3.78. The van der Waals surface area contributed by atoms with E-state index in [0.717, 1.165) is 69.0 Å². The maximum atomic E-state index is 13.7. The predicted octanol–water partition coefficient (Wildman–Crippen LogP) is 20.8. The monoisotopic (exact) mass is 1420 g/mol. The Morgan fingerprint density at radius 2 is 0.710 bits per heavy atom. The summed E-state index contributed by atoms with van der Waals surface area (Å²) in [5.41, 5.74) is 20.6. The van der Waals surface area contributed by atoms with E-state index < -0.39 is 27.6 Å². The standard InChI is InChI=1S/C36H24NO2PS2.C24H14INO2S2.C13H12.C6H15N.CH4/c38-42(39,32-25-21-30(22-26-32)40(28-11-3-1-4-12-28)29-13-5-2-6-14-29)31-23-19-27(20-24-31)37-33-15-7-9-17-35(33)41-36-18-10-8-16-34(36)37;25-17-9-13-19(14-10-17)30(27,28)20-15-11-18(12-16-20)26-21-5-1-3-7-23(21)29-24-8-4-2-6-22(24)26;1-3-7-12(8-4-1)11-13-9-5-2-6-10-13;1-4-7(5-2)6-3;/h1-21,23-25H;1-9,11-13,15-16H;1-10H,11H2;4-6H2,1-3H3;1H4. The first kappa shape index (κ1) is 67.5. The number of hydrogen-bond donors (Lipinski definition) is 0. The number of sulfone groups is 2. The second-order valence-corrected chi connectivity index (χ2v) is 30.5. The summed E-state index contributed by atoms with van der Waals surface area (Å²) in [4.78, 5) is 12.1. The van der Waals surface area contributed by atoms with Crippen molar-refractivity contribution < 1.29 is 16.8 Å². The van der Waals surface area contributed by atoms with E-state index in [4.69, 9.17) is 0 Å². The molecule has 7 nitrogen and oxygen atoms in total. The molecule has 0 fully saturated rings. The molecule has 0 aromatic heterocycles. The summed E-state index contributed by atoms with van der Waals surface area (Å²) in [6, 6.07) is 88.7. The van der Waals surface area contributed by atoms with Crippen molar-refractivity contribution in [2.75, 3.05) is 29.4 Å². The zero-order valence-corrected chi connectivity index (χ0v) is 57.3. The largest absolute Gasteiger partial charge is 0.308 e. The van der Waals surface area contributed by atoms with Crippen molar-refractivity contribution in [1.82, 2.24) is 4.90 Å². The van der Waals surface area contributed by atoms with Crippen LogP contribution < -0.4 is 20.4 Å². The minimum absolute atomic E-state index is 0. The van der Waals surface area contributed by atoms with Gasteiger partial charge in [-0.25, -0.2) is 16.8 Å². The fourth-order valence-electron chi connectivity index (χ4n) is 10.6. The Balaban J connectivity index is 0.000000160. The van der Waals surface area contributed by atoms with Gasteiger partial charge in [-0.05, 0) is 211 Å². The second kappa shape index (κ2) is 32.0. The van der Waals surface area contributed by atoms with Gasteiger partial charge in [0.05, 0.1) is 36.1 Å². The Labute approximate surface area is 572 Å². The van der Waals surface area contributed by atoms with Crippen molar-refractivity contribution in [3.8, 4) is 0 Å². The molecule has 0 saturated heterocycles. The van der Waals surface area contributed by atoms with E-state index in [1.165, 1.54) is 41.4 Å². The highest BCUT2D eigenvalue weighted by molar-refractivity contribution is 14.1. The van der Waals surface area contributed by atoms with Crippen LogP contribution in [0.4, 0.5) is 34.1 Å². The SMILES string of the molecule is C.CCN(CC)CC.O=S(=O)(C1=C=C=C(I)C=C1)c1ccc(N2c3ccccc3Sc3ccccc32)cc1.O=S(=O)(C1=C=C=C(P(c2ccccc2)c2ccccc2)C=C1)c1ccc(N2c3ccccc3Sc3ccccc32)cc1.c1ccc(Cc2ccccc2)cc1. The smallest absolute Gasteiger partial charge is 0.214 e. The highest BCUT2D eigenvalue weighted by Crippen LogP contribution is 2.53. The van der Waals surface area contributed by atoms with Crippen LogP contribution in [0, 0.1) is 0 Å². The maximum Gasteiger partial charge on any atom is 0.214 e. The summed E-state index contributed by atoms with van der Waals surface area (Å²) in [5.74, 6) is 0. The Morgan fingerprint density at radius 3 is 1.02 bits per heavy atom. The van der Waals surface area contributed by atoms with Crippen LogP contribution in [0.5, 0.6) is 0 Å². The molecular formula is C80H69IN3O4PS4. The highest BCUT2D eigenvalue weighted by atomic mass is 127. The zero-order chi connectivity index (χ0) is 63.9. The summed E-state index contributed by atoms with van der Waals surface area (Å²) in [7, 11) is -8.31. The van der Waals surface area contributed by atoms with Gasteiger partial charge in [-0.2, -0.15) is 0 Å². The fraction of sp³-hybridized carbons (Fsp3) is 0.100. The van der Waals surface area contributed by atoms with Gasteiger partial charge in [0.1, 0.15) is 9.81 Å². The number of fused-ring (bicyclic) bond motifs is 4. The second-order valence-electron chi connectivity index (χ2n) is 21.1. The third kappa shape index (κ3) is 16.2. The molecular weight excluding hydrogens is 1350 g/mol. The molecule has 0 N–H and O–H groups in total. The van der Waals surface area contributed by atoms with Gasteiger partial charge in [-0.15, -0.1) is 0 Å². The molecule has 0 radical (unpaired) electrons. The van der Waals surface area contributed by atoms with E-state index in [1.807, 2.05) is 115 Å². The number of nitrogens with zero attached hydrogens (tertiary/aromatic N) is 3. The van der Waals surface area contributed by atoms with Crippen molar-refractivity contribution in [1.29, 1.82) is 0 Å². The number of hydrogen-bond acceptors (Lipinski definition) is 9. The molecule has 93 heavy (non-hydrogen) atoms. The van der Waals surface area contributed by atoms with Gasteiger partial charge in [0.25, 0.3) is 0 Å². The van der Waals surface area contributed by atoms with Crippen LogP contribution in [0.3, 0.4) is 0 Å². The van der Waals surface area contributed by atoms with E-state index in [0.29, 0.717) is 0 Å². The molecule has 0 saturated carbocycles. The van der Waals surface area contributed by atoms with E-state index in [-0.39, 0.29) is 27.0 Å². The van der Waals surface area contributed by atoms with Crippen molar-refractivity contribution in [3.63, 3.8) is 0 Å². The van der Waals surface area contributed by atoms with Crippen LogP contribution in [-0.2, 0) is 26.1 Å². The van der Waals surface area contributed by atoms with Crippen molar-refractivity contribution in [2.24, 2.45) is 0 Å². The summed E-state index contributed by atoms with van der Waals surface area (Å²) >= 11 is 5.56. The Morgan fingerprint density at radius 1 is 0.387 bits per heavy atom. The number of rotatable bonds is 14. The van der Waals surface area contributed by atoms with Gasteiger partial charge in [-0.1, -0.05) is 233 Å². The Kier molecular flexibility index (Phi) is 23.2. The van der Waals surface area contributed by atoms with E-state index in [2.05, 4.69) is 214 Å². The van der Waals surface area contributed by atoms with Gasteiger partial charge in [0, 0.05) is 36.3 Å². The van der Waals surface area contributed by atoms with E-state index in [9.17, 15) is 16.8 Å². The summed E-state index contributed by atoms with van der Waals surface area (Å²) in [5, 5.41) is 3.28. The lowest BCUT2D eigenvalue weighted by atomic mass is 10.1. The number of halogens is 1. The molecule has 2 aliphatic heterocycles. The van der Waals surface area contributed by atoms with Gasteiger partial charge >= 0.3 is 0 Å². The molecule has 13 heteroatoms. The van der Waals surface area contributed by atoms with Crippen molar-refractivity contribution in [2.45, 2.75) is 64.0 Å². The maximum absolute atomic E-state index is 13.7. The van der Waals surface area contributed by atoms with Gasteiger partial charge in [-0.3, -0.25) is 0 Å². The molecule has 10 aromatic carbocycles. The van der Waals surface area contributed by atoms with Crippen molar-refractivity contribution >= 4 is 118 Å². The topological polar surface area (TPSA) is 78.0 Å². The van der Waals surface area contributed by atoms with Gasteiger partial charge < -0.3 is 14.7 Å². The highest BCUT2D eigenvalue weighted by Gasteiger charge is 2.29. The molecule has 10 aromatic rings. The van der Waals surface area contributed by atoms with Crippen LogP contribution >= 0.6 is 54.0 Å². The first-order valence-corrected chi connectivity index (χ1v) is 37.2. The Hall–Kier alpha value is -8.40. The zero-order valence-electron chi connectivity index (χ0n) is 51.0. The number of para-hydroxylation sites is 4. The van der Waals surface area contributed by atoms with Crippen LogP contribution in [0.2, 0.25) is 0 Å². The van der Waals surface area contributed by atoms with Crippen LogP contribution in [0.25, 0.3) is 0 Å². The number of benzene rings is 10. The van der Waals surface area contributed by atoms with E-state index >= 15 is 0 Å². The first-order chi connectivity index (χ1) is 44.9. The predicted molar refractivity (Wildman–Crippen MR) is 400 cm³/mol. The Bertz CT molecular complexity index is 4590. The molecule has 4 aliphatic rings. The molecule has 0 unspecified atom stereocenters. The molecule has 0 atom stereocenters. The normalized spacial score (nSPS) is 13.1. The van der Waals surface area contributed by atoms with Gasteiger partial charge in [0.15, 0.2) is 0 Å². The van der Waals surface area contributed by atoms with Gasteiger partial charge in [0.2, 0.25) is 19.7 Å². The van der Waals surface area contributed by atoms with Crippen molar-refractivity contribution in [3.05, 3.63) is 344 Å².